The molecule has 0 fully saturated rings. The first kappa shape index (κ1) is 33.0. The monoisotopic (exact) mass is 651 g/mol. The van der Waals surface area contributed by atoms with Crippen molar-refractivity contribution in [1.82, 2.24) is 34.9 Å². The third-order valence-electron chi connectivity index (χ3n) is 6.28. The lowest BCUT2D eigenvalue weighted by Crippen LogP contribution is -2.47. The molecular formula is C27H25F4N7O6S. The quantitative estimate of drug-likeness (QED) is 0.158. The minimum atomic E-state index is -4.00. The molecule has 0 aliphatic carbocycles. The summed E-state index contributed by atoms with van der Waals surface area (Å²) in [6.45, 7) is -1.30. The lowest BCUT2D eigenvalue weighted by Gasteiger charge is -2.25. The Morgan fingerprint density at radius 3 is 2.29 bits per heavy atom. The number of alkyl halides is 2. The van der Waals surface area contributed by atoms with Crippen LogP contribution in [0.15, 0.2) is 71.8 Å². The van der Waals surface area contributed by atoms with Gasteiger partial charge in [0.1, 0.15) is 29.5 Å². The van der Waals surface area contributed by atoms with Crippen LogP contribution in [-0.4, -0.2) is 60.2 Å². The van der Waals surface area contributed by atoms with Crippen molar-refractivity contribution in [3.05, 3.63) is 101 Å². The van der Waals surface area contributed by atoms with E-state index in [2.05, 4.69) is 25.7 Å². The predicted molar refractivity (Wildman–Crippen MR) is 148 cm³/mol. The maximum Gasteiger partial charge on any atom is 0.350 e. The fraction of sp³-hybridized carbons (Fsp3) is 0.222. The molecule has 0 saturated heterocycles. The number of nitrogens with zero attached hydrogens (tertiary/aromatic N) is 6. The fourth-order valence-corrected chi connectivity index (χ4v) is 4.46. The average molecular weight is 652 g/mol. The summed E-state index contributed by atoms with van der Waals surface area (Å²) in [6, 6.07) is 13.9. The van der Waals surface area contributed by atoms with E-state index in [1.165, 1.54) is 41.8 Å². The van der Waals surface area contributed by atoms with Crippen LogP contribution in [0.2, 0.25) is 0 Å². The number of benzene rings is 2. The van der Waals surface area contributed by atoms with E-state index >= 15 is 0 Å². The zero-order valence-electron chi connectivity index (χ0n) is 23.5. The van der Waals surface area contributed by atoms with Gasteiger partial charge >= 0.3 is 6.55 Å². The van der Waals surface area contributed by atoms with Crippen LogP contribution in [0.25, 0.3) is 5.65 Å². The van der Waals surface area contributed by atoms with E-state index in [0.717, 1.165) is 12.1 Å². The summed E-state index contributed by atoms with van der Waals surface area (Å²) in [6.07, 6.45) is 1.52. The number of halogens is 4. The molecule has 0 bridgehead atoms. The molecule has 0 saturated carbocycles. The average Bonchev–Trinajstić information content (AvgIpc) is 3.63. The van der Waals surface area contributed by atoms with Gasteiger partial charge in [0.15, 0.2) is 11.4 Å². The number of hydrogen-bond acceptors (Lipinski definition) is 9. The lowest BCUT2D eigenvalue weighted by atomic mass is 10.0. The van der Waals surface area contributed by atoms with Crippen molar-refractivity contribution in [1.29, 1.82) is 0 Å². The van der Waals surface area contributed by atoms with Crippen LogP contribution < -0.4 is 10.1 Å². The SMILES string of the molecule is Cc1nc2c(OCc3c(F)cccc3F)cccn2c1C(=O)N[C@@](C)(CO)c1nnn(C(F)F)n1.O=S(=O)(O)c1ccccc1. The Hall–Kier alpha value is -4.94. The Bertz CT molecular complexity index is 1900. The van der Waals surface area contributed by atoms with Crippen LogP contribution >= 0.6 is 0 Å². The summed E-state index contributed by atoms with van der Waals surface area (Å²) >= 11 is 0. The summed E-state index contributed by atoms with van der Waals surface area (Å²) in [5, 5.41) is 22.6. The maximum atomic E-state index is 13.9. The van der Waals surface area contributed by atoms with Crippen molar-refractivity contribution in [3.8, 4) is 5.75 Å². The number of aryl methyl sites for hydroxylation is 1. The second-order valence-electron chi connectivity index (χ2n) is 9.54. The summed E-state index contributed by atoms with van der Waals surface area (Å²) in [5.41, 5.74) is -1.40. The second-order valence-corrected chi connectivity index (χ2v) is 11.0. The highest BCUT2D eigenvalue weighted by Crippen LogP contribution is 2.25. The number of fused-ring (bicyclic) bond motifs is 1. The Morgan fingerprint density at radius 1 is 1.07 bits per heavy atom. The lowest BCUT2D eigenvalue weighted by molar-refractivity contribution is 0.0386. The van der Waals surface area contributed by atoms with Crippen molar-refractivity contribution >= 4 is 21.7 Å². The van der Waals surface area contributed by atoms with Gasteiger partial charge in [0, 0.05) is 6.20 Å². The molecule has 5 rings (SSSR count). The van der Waals surface area contributed by atoms with E-state index < -0.39 is 53.0 Å². The van der Waals surface area contributed by atoms with Crippen molar-refractivity contribution in [3.63, 3.8) is 0 Å². The van der Waals surface area contributed by atoms with Gasteiger partial charge in [-0.25, -0.2) is 13.8 Å². The van der Waals surface area contributed by atoms with Crippen molar-refractivity contribution in [2.24, 2.45) is 0 Å². The highest BCUT2D eigenvalue weighted by Gasteiger charge is 2.35. The number of tetrazole rings is 1. The van der Waals surface area contributed by atoms with E-state index in [-0.39, 0.29) is 43.9 Å². The zero-order chi connectivity index (χ0) is 32.9. The van der Waals surface area contributed by atoms with E-state index in [1.807, 2.05) is 0 Å². The van der Waals surface area contributed by atoms with E-state index in [4.69, 9.17) is 9.29 Å². The smallest absolute Gasteiger partial charge is 0.350 e. The molecule has 0 aliphatic heterocycles. The van der Waals surface area contributed by atoms with Crippen molar-refractivity contribution < 1.29 is 45.2 Å². The topological polar surface area (TPSA) is 174 Å². The summed E-state index contributed by atoms with van der Waals surface area (Å²) in [7, 11) is -4.00. The number of carbonyl (C=O) groups is 1. The molecule has 2 aromatic carbocycles. The van der Waals surface area contributed by atoms with Crippen LogP contribution in [0.4, 0.5) is 17.6 Å². The number of hydrogen-bond donors (Lipinski definition) is 3. The van der Waals surface area contributed by atoms with Crippen molar-refractivity contribution in [2.45, 2.75) is 37.4 Å². The molecule has 0 spiro atoms. The molecule has 3 heterocycles. The molecule has 1 amide bonds. The van der Waals surface area contributed by atoms with E-state index in [0.29, 0.717) is 0 Å². The minimum absolute atomic E-state index is 0.0449. The fourth-order valence-electron chi connectivity index (χ4n) is 3.96. The number of amides is 1. The van der Waals surface area contributed by atoms with Gasteiger partial charge in [0.05, 0.1) is 22.8 Å². The number of carbonyl (C=O) groups excluding carboxylic acids is 1. The van der Waals surface area contributed by atoms with Crippen LogP contribution in [-0.2, 0) is 22.3 Å². The summed E-state index contributed by atoms with van der Waals surface area (Å²) in [4.78, 5) is 17.5. The molecule has 0 radical (unpaired) electrons. The molecule has 3 N–H and O–H groups in total. The van der Waals surface area contributed by atoms with Crippen LogP contribution in [0.3, 0.4) is 0 Å². The first-order chi connectivity index (χ1) is 21.2. The predicted octanol–water partition coefficient (Wildman–Crippen LogP) is 3.45. The molecule has 238 valence electrons. The molecule has 0 unspecified atom stereocenters. The normalized spacial score (nSPS) is 12.8. The number of imidazole rings is 1. The molecule has 45 heavy (non-hydrogen) atoms. The number of aliphatic hydroxyl groups excluding tert-OH is 1. The first-order valence-corrected chi connectivity index (χ1v) is 14.3. The Kier molecular flexibility index (Phi) is 9.79. The third-order valence-corrected chi connectivity index (χ3v) is 7.15. The second kappa shape index (κ2) is 13.4. The van der Waals surface area contributed by atoms with Gasteiger partial charge in [-0.3, -0.25) is 13.7 Å². The van der Waals surface area contributed by atoms with Crippen LogP contribution in [0.5, 0.6) is 5.75 Å². The molecule has 3 aromatic heterocycles. The molecule has 0 aliphatic rings. The third kappa shape index (κ3) is 7.41. The van der Waals surface area contributed by atoms with E-state index in [9.17, 15) is 35.9 Å². The molecule has 1 atom stereocenters. The minimum Gasteiger partial charge on any atom is -0.485 e. The number of aliphatic hydroxyl groups is 1. The van der Waals surface area contributed by atoms with Gasteiger partial charge in [-0.2, -0.15) is 17.2 Å². The van der Waals surface area contributed by atoms with Gasteiger partial charge in [0.2, 0.25) is 5.82 Å². The Morgan fingerprint density at radius 2 is 1.73 bits per heavy atom. The number of rotatable bonds is 9. The molecule has 5 aromatic rings. The number of nitrogens with one attached hydrogen (secondary N) is 1. The first-order valence-electron chi connectivity index (χ1n) is 12.8. The van der Waals surface area contributed by atoms with Gasteiger partial charge in [-0.05, 0) is 55.5 Å². The molecule has 13 nitrogen and oxygen atoms in total. The largest absolute Gasteiger partial charge is 0.485 e. The number of pyridine rings is 1. The Balaban J connectivity index is 0.000000392. The molecular weight excluding hydrogens is 626 g/mol. The van der Waals surface area contributed by atoms with E-state index in [1.54, 1.807) is 31.2 Å². The standard InChI is InChI=1S/C21H19F4N7O3.C6H6O3S/c1-11-16(18(34)27-21(2,10-33)19-28-30-32(29-19)20(24)25)31-8-4-7-15(17(31)26-11)35-9-12-13(22)5-3-6-14(12)23;7-10(8,9)6-4-2-1-3-5-6/h3-8,20,33H,9-10H2,1-2H3,(H,27,34);1-5H,(H,7,8,9)/t21-;/m0./s1. The highest BCUT2D eigenvalue weighted by atomic mass is 32.2. The Labute approximate surface area is 252 Å². The van der Waals surface area contributed by atoms with Gasteiger partial charge in [-0.15, -0.1) is 10.2 Å². The van der Waals surface area contributed by atoms with Gasteiger partial charge in [0.25, 0.3) is 16.0 Å². The maximum absolute atomic E-state index is 13.9. The molecule has 18 heteroatoms. The van der Waals surface area contributed by atoms with Crippen molar-refractivity contribution in [2.75, 3.05) is 6.61 Å². The van der Waals surface area contributed by atoms with Crippen LogP contribution in [0.1, 0.15) is 41.0 Å². The highest BCUT2D eigenvalue weighted by molar-refractivity contribution is 7.85. The number of ether oxygens (including phenoxy) is 1. The van der Waals surface area contributed by atoms with Crippen LogP contribution in [0, 0.1) is 18.6 Å². The number of aromatic nitrogens is 6. The van der Waals surface area contributed by atoms with Gasteiger partial charge in [-0.1, -0.05) is 29.1 Å². The summed E-state index contributed by atoms with van der Waals surface area (Å²) < 4.78 is 89.8. The summed E-state index contributed by atoms with van der Waals surface area (Å²) in [5.74, 6) is -2.42. The zero-order valence-corrected chi connectivity index (χ0v) is 24.3. The van der Waals surface area contributed by atoms with Gasteiger partial charge < -0.3 is 15.2 Å².